The lowest BCUT2D eigenvalue weighted by atomic mass is 9.91. The zero-order valence-electron chi connectivity index (χ0n) is 18.0. The summed E-state index contributed by atoms with van der Waals surface area (Å²) < 4.78 is 0. The van der Waals surface area contributed by atoms with E-state index in [1.54, 1.807) is 22.1 Å². The van der Waals surface area contributed by atoms with Gasteiger partial charge in [-0.3, -0.25) is 14.4 Å². The summed E-state index contributed by atoms with van der Waals surface area (Å²) in [7, 11) is 0. The van der Waals surface area contributed by atoms with Crippen LogP contribution in [0.2, 0.25) is 5.15 Å². The molecule has 2 aromatic rings. The van der Waals surface area contributed by atoms with Crippen molar-refractivity contribution >= 4 is 29.2 Å². The van der Waals surface area contributed by atoms with Gasteiger partial charge in [-0.05, 0) is 34.7 Å². The average Bonchev–Trinajstić information content (AvgIpc) is 2.82. The van der Waals surface area contributed by atoms with E-state index in [1.807, 2.05) is 45.0 Å². The maximum absolute atomic E-state index is 13.4. The standard InChI is InChI=1S/C24H26ClN3O3/c1-24(2,3)12-22(30)27-8-9-28-19(14-27)20(29)11-16-5-4-15(10-18(16)23(28)31)17-6-7-21(25)26-13-17/h4-7,10,13,19H,8-9,11-12,14H2,1-3H3. The third kappa shape index (κ3) is 4.49. The SMILES string of the molecule is CC(C)(C)CC(=O)N1CCN2C(=O)c3cc(-c4ccc(Cl)nc4)ccc3CC(=O)C2C1. The van der Waals surface area contributed by atoms with Crippen molar-refractivity contribution in [2.45, 2.75) is 39.7 Å². The van der Waals surface area contributed by atoms with Crippen LogP contribution >= 0.6 is 11.6 Å². The Labute approximate surface area is 187 Å². The molecule has 0 saturated carbocycles. The number of benzene rings is 1. The first-order valence-corrected chi connectivity index (χ1v) is 10.9. The Morgan fingerprint density at radius 2 is 1.87 bits per heavy atom. The molecule has 0 bridgehead atoms. The highest BCUT2D eigenvalue weighted by Gasteiger charge is 2.40. The zero-order chi connectivity index (χ0) is 22.3. The molecule has 1 saturated heterocycles. The molecule has 2 aliphatic rings. The summed E-state index contributed by atoms with van der Waals surface area (Å²) in [6.07, 6.45) is 2.27. The van der Waals surface area contributed by atoms with Gasteiger partial charge in [0, 0.05) is 49.8 Å². The van der Waals surface area contributed by atoms with E-state index in [4.69, 9.17) is 11.6 Å². The summed E-state index contributed by atoms with van der Waals surface area (Å²) in [5.74, 6) is -0.148. The van der Waals surface area contributed by atoms with Gasteiger partial charge in [0.2, 0.25) is 5.91 Å². The minimum absolute atomic E-state index is 0.0266. The van der Waals surface area contributed by atoms with Crippen molar-refractivity contribution in [1.29, 1.82) is 0 Å². The molecule has 162 valence electrons. The number of fused-ring (bicyclic) bond motifs is 2. The number of carbonyl (C=O) groups excluding carboxylic acids is 3. The predicted octanol–water partition coefficient (Wildman–Crippen LogP) is 3.62. The first-order valence-electron chi connectivity index (χ1n) is 10.5. The zero-order valence-corrected chi connectivity index (χ0v) is 18.8. The molecule has 1 aromatic heterocycles. The number of hydrogen-bond donors (Lipinski definition) is 0. The summed E-state index contributed by atoms with van der Waals surface area (Å²) >= 11 is 5.88. The monoisotopic (exact) mass is 439 g/mol. The lowest BCUT2D eigenvalue weighted by Gasteiger charge is -2.40. The van der Waals surface area contributed by atoms with Crippen LogP contribution in [0.4, 0.5) is 0 Å². The molecule has 0 radical (unpaired) electrons. The summed E-state index contributed by atoms with van der Waals surface area (Å²) in [6.45, 7) is 7.13. The van der Waals surface area contributed by atoms with Crippen molar-refractivity contribution in [3.8, 4) is 11.1 Å². The van der Waals surface area contributed by atoms with Crippen LogP contribution in [0.15, 0.2) is 36.5 Å². The minimum atomic E-state index is -0.599. The molecular weight excluding hydrogens is 414 g/mol. The molecule has 31 heavy (non-hydrogen) atoms. The summed E-state index contributed by atoms with van der Waals surface area (Å²) in [6, 6.07) is 8.53. The maximum Gasteiger partial charge on any atom is 0.254 e. The van der Waals surface area contributed by atoms with E-state index in [2.05, 4.69) is 4.98 Å². The van der Waals surface area contributed by atoms with E-state index in [-0.39, 0.29) is 36.0 Å². The third-order valence-corrected chi connectivity index (χ3v) is 6.04. The van der Waals surface area contributed by atoms with E-state index < -0.39 is 6.04 Å². The fourth-order valence-corrected chi connectivity index (χ4v) is 4.32. The number of nitrogens with zero attached hydrogens (tertiary/aromatic N) is 3. The minimum Gasteiger partial charge on any atom is -0.338 e. The second kappa shape index (κ2) is 8.08. The molecule has 0 aliphatic carbocycles. The van der Waals surface area contributed by atoms with Crippen LogP contribution in [0.1, 0.15) is 43.1 Å². The molecule has 1 atom stereocenters. The van der Waals surface area contributed by atoms with Crippen LogP contribution in [0.5, 0.6) is 0 Å². The molecule has 4 rings (SSSR count). The normalized spacial score (nSPS) is 19.0. The van der Waals surface area contributed by atoms with Crippen molar-refractivity contribution in [2.24, 2.45) is 5.41 Å². The highest BCUT2D eigenvalue weighted by atomic mass is 35.5. The number of pyridine rings is 1. The first kappa shape index (κ1) is 21.5. The second-order valence-electron chi connectivity index (χ2n) is 9.48. The molecule has 7 heteroatoms. The molecule has 6 nitrogen and oxygen atoms in total. The number of aromatic nitrogens is 1. The molecule has 1 unspecified atom stereocenters. The fraction of sp³-hybridized carbons (Fsp3) is 0.417. The number of rotatable bonds is 2. The molecule has 2 aliphatic heterocycles. The molecule has 3 heterocycles. The highest BCUT2D eigenvalue weighted by molar-refractivity contribution is 6.29. The number of carbonyl (C=O) groups is 3. The molecule has 0 N–H and O–H groups in total. The number of amides is 2. The third-order valence-electron chi connectivity index (χ3n) is 5.81. The van der Waals surface area contributed by atoms with E-state index in [9.17, 15) is 14.4 Å². The van der Waals surface area contributed by atoms with Gasteiger partial charge in [0.25, 0.3) is 5.91 Å². The van der Waals surface area contributed by atoms with Gasteiger partial charge in [-0.15, -0.1) is 0 Å². The Balaban J connectivity index is 1.60. The Hall–Kier alpha value is -2.73. The lowest BCUT2D eigenvalue weighted by Crippen LogP contribution is -2.59. The van der Waals surface area contributed by atoms with Gasteiger partial charge in [-0.1, -0.05) is 44.5 Å². The molecule has 1 aromatic carbocycles. The Morgan fingerprint density at radius 1 is 1.13 bits per heavy atom. The van der Waals surface area contributed by atoms with Crippen LogP contribution in [0.3, 0.4) is 0 Å². The summed E-state index contributed by atoms with van der Waals surface area (Å²) in [4.78, 5) is 46.6. The quantitative estimate of drug-likeness (QED) is 0.670. The Kier molecular flexibility index (Phi) is 5.60. The van der Waals surface area contributed by atoms with Crippen LogP contribution in [0, 0.1) is 5.41 Å². The van der Waals surface area contributed by atoms with Crippen molar-refractivity contribution in [1.82, 2.24) is 14.8 Å². The largest absolute Gasteiger partial charge is 0.338 e. The van der Waals surface area contributed by atoms with Gasteiger partial charge < -0.3 is 9.80 Å². The topological polar surface area (TPSA) is 70.6 Å². The van der Waals surface area contributed by atoms with Gasteiger partial charge in [0.05, 0.1) is 0 Å². The van der Waals surface area contributed by atoms with Crippen LogP contribution < -0.4 is 0 Å². The van der Waals surface area contributed by atoms with E-state index in [1.165, 1.54) is 0 Å². The van der Waals surface area contributed by atoms with Crippen LogP contribution in [-0.4, -0.2) is 58.1 Å². The highest BCUT2D eigenvalue weighted by Crippen LogP contribution is 2.29. The lowest BCUT2D eigenvalue weighted by molar-refractivity contribution is -0.137. The van der Waals surface area contributed by atoms with E-state index >= 15 is 0 Å². The smallest absolute Gasteiger partial charge is 0.254 e. The molecule has 1 fully saturated rings. The number of piperazine rings is 1. The van der Waals surface area contributed by atoms with Crippen molar-refractivity contribution in [3.05, 3.63) is 52.8 Å². The van der Waals surface area contributed by atoms with Crippen molar-refractivity contribution < 1.29 is 14.4 Å². The van der Waals surface area contributed by atoms with E-state index in [0.717, 1.165) is 16.7 Å². The van der Waals surface area contributed by atoms with Gasteiger partial charge in [-0.2, -0.15) is 0 Å². The van der Waals surface area contributed by atoms with Gasteiger partial charge in [0.15, 0.2) is 5.78 Å². The summed E-state index contributed by atoms with van der Waals surface area (Å²) in [5.41, 5.74) is 2.84. The molecular formula is C24H26ClN3O3. The number of halogens is 1. The van der Waals surface area contributed by atoms with Gasteiger partial charge in [-0.25, -0.2) is 4.98 Å². The fourth-order valence-electron chi connectivity index (χ4n) is 4.21. The van der Waals surface area contributed by atoms with Crippen molar-refractivity contribution in [2.75, 3.05) is 19.6 Å². The number of ketones is 1. The average molecular weight is 440 g/mol. The Morgan fingerprint density at radius 3 is 2.55 bits per heavy atom. The summed E-state index contributed by atoms with van der Waals surface area (Å²) in [5, 5.41) is 0.405. The maximum atomic E-state index is 13.4. The molecule has 0 spiro atoms. The number of hydrogen-bond acceptors (Lipinski definition) is 4. The van der Waals surface area contributed by atoms with Crippen LogP contribution in [0.25, 0.3) is 11.1 Å². The van der Waals surface area contributed by atoms with Crippen molar-refractivity contribution in [3.63, 3.8) is 0 Å². The number of Topliss-reactive ketones (excluding diaryl/α,β-unsaturated/α-hetero) is 1. The van der Waals surface area contributed by atoms with Gasteiger partial charge >= 0.3 is 0 Å². The first-order chi connectivity index (χ1) is 14.6. The Bertz CT molecular complexity index is 1040. The van der Waals surface area contributed by atoms with Gasteiger partial charge in [0.1, 0.15) is 11.2 Å². The molecule has 2 amide bonds. The van der Waals surface area contributed by atoms with Crippen LogP contribution in [-0.2, 0) is 16.0 Å². The van der Waals surface area contributed by atoms with E-state index in [0.29, 0.717) is 30.2 Å². The predicted molar refractivity (Wildman–Crippen MR) is 119 cm³/mol. The second-order valence-corrected chi connectivity index (χ2v) is 9.86.